The maximum atomic E-state index is 2.62. The molecule has 6 aromatic rings. The number of fused-ring (bicyclic) bond motifs is 1. The molecule has 1 heteroatoms. The van der Waals surface area contributed by atoms with E-state index in [4.69, 9.17) is 0 Å². The molecule has 0 fully saturated rings. The fourth-order valence-corrected chi connectivity index (χ4v) is 6.27. The van der Waals surface area contributed by atoms with Gasteiger partial charge in [-0.25, -0.2) is 0 Å². The Kier molecular flexibility index (Phi) is 5.58. The third-order valence-electron chi connectivity index (χ3n) is 7.90. The number of nitrogens with zero attached hydrogens (tertiary/aromatic N) is 1. The largest absolute Gasteiger partial charge is 0.340 e. The van der Waals surface area contributed by atoms with Gasteiger partial charge in [0.25, 0.3) is 0 Å². The van der Waals surface area contributed by atoms with E-state index in [9.17, 15) is 0 Å². The van der Waals surface area contributed by atoms with Gasteiger partial charge in [-0.05, 0) is 50.9 Å². The molecule has 0 N–H and O–H groups in total. The van der Waals surface area contributed by atoms with Gasteiger partial charge in [0.15, 0.2) is 0 Å². The zero-order valence-corrected chi connectivity index (χ0v) is 20.0. The van der Waals surface area contributed by atoms with Crippen LogP contribution < -0.4 is 0 Å². The summed E-state index contributed by atoms with van der Waals surface area (Å²) in [6.07, 6.45) is 13.9. The SMILES string of the molecule is CCCCCCCCCCCCn1c2ccc3cccc4c5cccc6ccc1c(c65)c2c34. The van der Waals surface area contributed by atoms with Crippen LogP contribution in [0.4, 0.5) is 0 Å². The minimum Gasteiger partial charge on any atom is -0.340 e. The lowest BCUT2D eigenvalue weighted by molar-refractivity contribution is 0.541. The third kappa shape index (κ3) is 3.44. The summed E-state index contributed by atoms with van der Waals surface area (Å²) in [6, 6.07) is 23.0. The maximum Gasteiger partial charge on any atom is 0.0498 e. The third-order valence-corrected chi connectivity index (χ3v) is 7.90. The van der Waals surface area contributed by atoms with Gasteiger partial charge < -0.3 is 4.57 Å². The number of benzene rings is 5. The number of aromatic nitrogens is 1. The monoisotopic (exact) mass is 433 g/mol. The first kappa shape index (κ1) is 20.8. The van der Waals surface area contributed by atoms with Gasteiger partial charge in [0.05, 0.1) is 0 Å². The Labute approximate surface area is 197 Å². The molecule has 168 valence electrons. The molecule has 0 saturated heterocycles. The lowest BCUT2D eigenvalue weighted by atomic mass is 9.90. The van der Waals surface area contributed by atoms with Crippen molar-refractivity contribution in [2.24, 2.45) is 0 Å². The summed E-state index contributed by atoms with van der Waals surface area (Å²) in [5, 5.41) is 11.4. The van der Waals surface area contributed by atoms with Crippen molar-refractivity contribution in [3.8, 4) is 0 Å². The summed E-state index contributed by atoms with van der Waals surface area (Å²) in [7, 11) is 0. The van der Waals surface area contributed by atoms with E-state index in [1.54, 1.807) is 0 Å². The Balaban J connectivity index is 1.29. The minimum absolute atomic E-state index is 1.12. The van der Waals surface area contributed by atoms with Crippen molar-refractivity contribution in [2.75, 3.05) is 0 Å². The Morgan fingerprint density at radius 2 is 0.970 bits per heavy atom. The Morgan fingerprint density at radius 1 is 0.485 bits per heavy atom. The van der Waals surface area contributed by atoms with Crippen LogP contribution in [0, 0.1) is 0 Å². The molecule has 33 heavy (non-hydrogen) atoms. The molecule has 0 radical (unpaired) electrons. The molecule has 0 aliphatic carbocycles. The molecule has 0 spiro atoms. The van der Waals surface area contributed by atoms with Gasteiger partial charge in [-0.2, -0.15) is 0 Å². The predicted molar refractivity (Wildman–Crippen MR) is 146 cm³/mol. The van der Waals surface area contributed by atoms with E-state index in [0.717, 1.165) is 6.54 Å². The summed E-state index contributed by atoms with van der Waals surface area (Å²) in [4.78, 5) is 0. The molecule has 1 heterocycles. The summed E-state index contributed by atoms with van der Waals surface area (Å²) in [6.45, 7) is 3.42. The second-order valence-electron chi connectivity index (χ2n) is 10.1. The first-order chi connectivity index (χ1) is 16.4. The number of hydrogen-bond donors (Lipinski definition) is 0. The smallest absolute Gasteiger partial charge is 0.0498 e. The molecule has 0 amide bonds. The average Bonchev–Trinajstić information content (AvgIpc) is 3.18. The first-order valence-corrected chi connectivity index (χ1v) is 13.3. The highest BCUT2D eigenvalue weighted by Crippen LogP contribution is 2.46. The average molecular weight is 434 g/mol. The number of hydrogen-bond acceptors (Lipinski definition) is 0. The van der Waals surface area contributed by atoms with Crippen molar-refractivity contribution in [1.82, 2.24) is 4.57 Å². The van der Waals surface area contributed by atoms with Crippen molar-refractivity contribution in [1.29, 1.82) is 0 Å². The molecule has 0 bridgehead atoms. The Bertz CT molecular complexity index is 1400. The van der Waals surface area contributed by atoms with Crippen LogP contribution in [0.15, 0.2) is 60.7 Å². The lowest BCUT2D eigenvalue weighted by Gasteiger charge is -2.12. The van der Waals surface area contributed by atoms with Crippen LogP contribution in [0.1, 0.15) is 71.1 Å². The molecule has 0 aliphatic rings. The van der Waals surface area contributed by atoms with Crippen LogP contribution in [0.5, 0.6) is 0 Å². The normalized spacial score (nSPS) is 12.5. The fourth-order valence-electron chi connectivity index (χ4n) is 6.27. The molecule has 0 aliphatic heterocycles. The van der Waals surface area contributed by atoms with Crippen molar-refractivity contribution in [3.05, 3.63) is 60.7 Å². The van der Waals surface area contributed by atoms with Gasteiger partial charge in [0, 0.05) is 28.4 Å². The van der Waals surface area contributed by atoms with E-state index >= 15 is 0 Å². The summed E-state index contributed by atoms with van der Waals surface area (Å²) in [5.74, 6) is 0. The van der Waals surface area contributed by atoms with Crippen molar-refractivity contribution < 1.29 is 0 Å². The quantitative estimate of drug-likeness (QED) is 0.109. The van der Waals surface area contributed by atoms with Crippen molar-refractivity contribution >= 4 is 54.1 Å². The number of aryl methyl sites for hydroxylation is 1. The maximum absolute atomic E-state index is 2.62. The Hall–Kier alpha value is -2.80. The minimum atomic E-state index is 1.12. The van der Waals surface area contributed by atoms with Gasteiger partial charge in [-0.3, -0.25) is 0 Å². The van der Waals surface area contributed by atoms with Crippen LogP contribution >= 0.6 is 0 Å². The standard InChI is InChI=1S/C32H35N/c1-2-3-4-5-6-7-8-9-10-11-22-33-27-20-18-23-14-12-16-25-26-17-13-15-24-19-21-28(33)32(30(24)26)31(27)29(23)25/h12-21H,2-11,22H2,1H3. The topological polar surface area (TPSA) is 4.93 Å². The van der Waals surface area contributed by atoms with Crippen LogP contribution in [-0.4, -0.2) is 4.57 Å². The molecule has 1 aromatic heterocycles. The summed E-state index contributed by atoms with van der Waals surface area (Å²) < 4.78 is 2.62. The highest BCUT2D eigenvalue weighted by molar-refractivity contribution is 6.39. The summed E-state index contributed by atoms with van der Waals surface area (Å²) >= 11 is 0. The second-order valence-corrected chi connectivity index (χ2v) is 10.1. The fraction of sp³-hybridized carbons (Fsp3) is 0.375. The first-order valence-electron chi connectivity index (χ1n) is 13.3. The van der Waals surface area contributed by atoms with Gasteiger partial charge in [-0.1, -0.05) is 113 Å². The van der Waals surface area contributed by atoms with Crippen LogP contribution in [0.2, 0.25) is 0 Å². The van der Waals surface area contributed by atoms with E-state index in [0.29, 0.717) is 0 Å². The second kappa shape index (κ2) is 8.86. The summed E-state index contributed by atoms with van der Waals surface area (Å²) in [5.41, 5.74) is 2.84. The molecular formula is C32H35N. The van der Waals surface area contributed by atoms with Crippen LogP contribution in [-0.2, 0) is 6.54 Å². The number of unbranched alkanes of at least 4 members (excludes halogenated alkanes) is 9. The lowest BCUT2D eigenvalue weighted by Crippen LogP contribution is -1.97. The van der Waals surface area contributed by atoms with E-state index < -0.39 is 0 Å². The van der Waals surface area contributed by atoms with Crippen LogP contribution in [0.3, 0.4) is 0 Å². The van der Waals surface area contributed by atoms with Gasteiger partial charge in [0.1, 0.15) is 0 Å². The highest BCUT2D eigenvalue weighted by atomic mass is 15.0. The van der Waals surface area contributed by atoms with E-state index in [2.05, 4.69) is 72.2 Å². The molecule has 0 atom stereocenters. The Morgan fingerprint density at radius 3 is 1.48 bits per heavy atom. The van der Waals surface area contributed by atoms with Gasteiger partial charge in [-0.15, -0.1) is 0 Å². The zero-order chi connectivity index (χ0) is 22.2. The molecular weight excluding hydrogens is 398 g/mol. The molecule has 0 saturated carbocycles. The van der Waals surface area contributed by atoms with Gasteiger partial charge in [0.2, 0.25) is 0 Å². The molecule has 1 nitrogen and oxygen atoms in total. The molecule has 5 aromatic carbocycles. The van der Waals surface area contributed by atoms with Crippen molar-refractivity contribution in [3.63, 3.8) is 0 Å². The van der Waals surface area contributed by atoms with E-state index in [1.165, 1.54) is 118 Å². The predicted octanol–water partition coefficient (Wildman–Crippen LogP) is 10.1. The molecule has 6 rings (SSSR count). The zero-order valence-electron chi connectivity index (χ0n) is 20.0. The highest BCUT2D eigenvalue weighted by Gasteiger charge is 2.20. The molecule has 0 unspecified atom stereocenters. The van der Waals surface area contributed by atoms with Crippen LogP contribution in [0.25, 0.3) is 54.1 Å². The van der Waals surface area contributed by atoms with Crippen molar-refractivity contribution in [2.45, 2.75) is 77.7 Å². The van der Waals surface area contributed by atoms with E-state index in [1.807, 2.05) is 0 Å². The van der Waals surface area contributed by atoms with E-state index in [-0.39, 0.29) is 0 Å². The number of rotatable bonds is 11. The van der Waals surface area contributed by atoms with Gasteiger partial charge >= 0.3 is 0 Å².